The molecular weight excluding hydrogens is 512 g/mol. The topological polar surface area (TPSA) is 50.4 Å². The summed E-state index contributed by atoms with van der Waals surface area (Å²) in [6.45, 7) is 0. The van der Waals surface area contributed by atoms with Gasteiger partial charge in [0.15, 0.2) is 5.75 Å². The molecule has 36 heavy (non-hydrogen) atoms. The van der Waals surface area contributed by atoms with Crippen molar-refractivity contribution < 1.29 is 22.7 Å². The fourth-order valence-corrected chi connectivity index (χ4v) is 4.62. The quantitative estimate of drug-likeness (QED) is 0.278. The van der Waals surface area contributed by atoms with Gasteiger partial charge in [-0.3, -0.25) is 0 Å². The number of fused-ring (bicyclic) bond motifs is 3. The number of carbonyl (C=O) groups excluding carboxylic acids is 1. The lowest BCUT2D eigenvalue weighted by atomic mass is 10.1. The highest BCUT2D eigenvalue weighted by Crippen LogP contribution is 2.43. The number of hydrogen-bond donors (Lipinski definition) is 2. The van der Waals surface area contributed by atoms with Gasteiger partial charge in [-0.15, -0.1) is 0 Å². The molecule has 0 aliphatic heterocycles. The third-order valence-electron chi connectivity index (χ3n) is 5.78. The largest absolute Gasteiger partial charge is 0.454 e. The second-order valence-electron chi connectivity index (χ2n) is 8.09. The first-order valence-corrected chi connectivity index (χ1v) is 11.6. The molecule has 0 bridgehead atoms. The average molecular weight is 529 g/mol. The van der Waals surface area contributed by atoms with Crippen molar-refractivity contribution >= 4 is 34.9 Å². The zero-order chi connectivity index (χ0) is 25.4. The summed E-state index contributed by atoms with van der Waals surface area (Å²) in [5, 5.41) is 5.93. The standard InChI is InChI=1S/C27H17Cl2F3N2O2/c28-16-10-12-23(21(29)14-16)36-24-11-9-15(27(30,31)32)13-22(24)33-26(35)34-25-19-7-3-1-5-17(19)18-6-2-4-8-20(18)25/h1-14,25H,(H2,33,34,35). The van der Waals surface area contributed by atoms with Crippen LogP contribution in [0.15, 0.2) is 84.9 Å². The van der Waals surface area contributed by atoms with Crippen molar-refractivity contribution in [3.05, 3.63) is 112 Å². The Hall–Kier alpha value is -3.68. The molecule has 4 nitrogen and oxygen atoms in total. The number of urea groups is 1. The van der Waals surface area contributed by atoms with Crippen LogP contribution in [0.2, 0.25) is 10.0 Å². The van der Waals surface area contributed by atoms with Crippen LogP contribution >= 0.6 is 23.2 Å². The van der Waals surface area contributed by atoms with E-state index in [0.717, 1.165) is 40.5 Å². The molecule has 0 heterocycles. The van der Waals surface area contributed by atoms with E-state index in [1.165, 1.54) is 18.2 Å². The molecule has 0 aromatic heterocycles. The summed E-state index contributed by atoms with van der Waals surface area (Å²) in [6, 6.07) is 21.4. The molecule has 4 aromatic rings. The monoisotopic (exact) mass is 528 g/mol. The maximum Gasteiger partial charge on any atom is 0.416 e. The average Bonchev–Trinajstić information content (AvgIpc) is 3.15. The van der Waals surface area contributed by atoms with Crippen LogP contribution in [-0.2, 0) is 6.18 Å². The van der Waals surface area contributed by atoms with Crippen molar-refractivity contribution in [2.45, 2.75) is 12.2 Å². The number of hydrogen-bond acceptors (Lipinski definition) is 2. The van der Waals surface area contributed by atoms with E-state index in [4.69, 9.17) is 27.9 Å². The first-order valence-electron chi connectivity index (χ1n) is 10.8. The Bertz CT molecular complexity index is 1430. The molecule has 4 aromatic carbocycles. The Labute approximate surface area is 214 Å². The zero-order valence-corrected chi connectivity index (χ0v) is 19.9. The van der Waals surface area contributed by atoms with Crippen LogP contribution in [0.3, 0.4) is 0 Å². The molecule has 0 atom stereocenters. The van der Waals surface area contributed by atoms with Crippen molar-refractivity contribution in [2.24, 2.45) is 0 Å². The molecule has 0 radical (unpaired) electrons. The summed E-state index contributed by atoms with van der Waals surface area (Å²) in [7, 11) is 0. The van der Waals surface area contributed by atoms with Gasteiger partial charge in [-0.2, -0.15) is 13.2 Å². The van der Waals surface area contributed by atoms with Crippen LogP contribution in [0, 0.1) is 0 Å². The predicted molar refractivity (Wildman–Crippen MR) is 134 cm³/mol. The minimum absolute atomic E-state index is 0.0189. The third kappa shape index (κ3) is 4.72. The smallest absolute Gasteiger partial charge is 0.416 e. The Morgan fingerprint density at radius 1 is 0.806 bits per heavy atom. The van der Waals surface area contributed by atoms with E-state index in [1.54, 1.807) is 0 Å². The summed E-state index contributed by atoms with van der Waals surface area (Å²) in [6.07, 6.45) is -4.62. The van der Waals surface area contributed by atoms with Gasteiger partial charge in [-0.05, 0) is 58.7 Å². The maximum absolute atomic E-state index is 13.4. The number of carbonyl (C=O) groups is 1. The Morgan fingerprint density at radius 2 is 1.42 bits per heavy atom. The molecule has 182 valence electrons. The molecule has 1 aliphatic rings. The Morgan fingerprint density at radius 3 is 2.03 bits per heavy atom. The summed E-state index contributed by atoms with van der Waals surface area (Å²) < 4.78 is 46.0. The van der Waals surface area contributed by atoms with Gasteiger partial charge in [-0.25, -0.2) is 4.79 Å². The number of rotatable bonds is 4. The predicted octanol–water partition coefficient (Wildman–Crippen LogP) is 8.70. The van der Waals surface area contributed by atoms with Gasteiger partial charge in [0.05, 0.1) is 22.3 Å². The highest BCUT2D eigenvalue weighted by atomic mass is 35.5. The van der Waals surface area contributed by atoms with Crippen LogP contribution < -0.4 is 15.4 Å². The number of anilines is 1. The molecule has 2 amide bonds. The fourth-order valence-electron chi connectivity index (χ4n) is 4.17. The third-order valence-corrected chi connectivity index (χ3v) is 6.31. The van der Waals surface area contributed by atoms with Crippen molar-refractivity contribution in [1.82, 2.24) is 5.32 Å². The lowest BCUT2D eigenvalue weighted by Gasteiger charge is -2.19. The number of amides is 2. The SMILES string of the molecule is O=C(Nc1cc(C(F)(F)F)ccc1Oc1ccc(Cl)cc1Cl)NC1c2ccccc2-c2ccccc21. The number of halogens is 5. The van der Waals surface area contributed by atoms with E-state index in [2.05, 4.69) is 10.6 Å². The molecule has 0 spiro atoms. The van der Waals surface area contributed by atoms with Gasteiger partial charge >= 0.3 is 12.2 Å². The van der Waals surface area contributed by atoms with Gasteiger partial charge in [0.1, 0.15) is 5.75 Å². The molecule has 9 heteroatoms. The van der Waals surface area contributed by atoms with E-state index in [9.17, 15) is 18.0 Å². The first kappa shape index (κ1) is 24.0. The van der Waals surface area contributed by atoms with E-state index in [1.807, 2.05) is 48.5 Å². The van der Waals surface area contributed by atoms with E-state index in [-0.39, 0.29) is 22.2 Å². The van der Waals surface area contributed by atoms with E-state index < -0.39 is 23.8 Å². The second kappa shape index (κ2) is 9.41. The lowest BCUT2D eigenvalue weighted by Crippen LogP contribution is -2.32. The lowest BCUT2D eigenvalue weighted by molar-refractivity contribution is -0.137. The van der Waals surface area contributed by atoms with E-state index >= 15 is 0 Å². The highest BCUT2D eigenvalue weighted by molar-refractivity contribution is 6.35. The summed E-state index contributed by atoms with van der Waals surface area (Å²) in [5.74, 6) is 0.150. The van der Waals surface area contributed by atoms with Crippen molar-refractivity contribution in [3.8, 4) is 22.6 Å². The van der Waals surface area contributed by atoms with Crippen molar-refractivity contribution in [2.75, 3.05) is 5.32 Å². The maximum atomic E-state index is 13.4. The van der Waals surface area contributed by atoms with Gasteiger partial charge in [-0.1, -0.05) is 71.7 Å². The highest BCUT2D eigenvalue weighted by Gasteiger charge is 2.32. The molecule has 2 N–H and O–H groups in total. The molecule has 0 unspecified atom stereocenters. The molecule has 0 saturated heterocycles. The van der Waals surface area contributed by atoms with Crippen LogP contribution in [0.5, 0.6) is 11.5 Å². The minimum Gasteiger partial charge on any atom is -0.454 e. The normalized spacial score (nSPS) is 12.6. The molecule has 0 saturated carbocycles. The fraction of sp³-hybridized carbons (Fsp3) is 0.0741. The zero-order valence-electron chi connectivity index (χ0n) is 18.4. The Balaban J connectivity index is 1.45. The summed E-state index contributed by atoms with van der Waals surface area (Å²) in [4.78, 5) is 13.1. The first-order chi connectivity index (χ1) is 17.2. The van der Waals surface area contributed by atoms with Gasteiger partial charge in [0.2, 0.25) is 0 Å². The number of nitrogens with one attached hydrogen (secondary N) is 2. The molecular formula is C27H17Cl2F3N2O2. The van der Waals surface area contributed by atoms with Gasteiger partial charge in [0.25, 0.3) is 0 Å². The molecule has 0 fully saturated rings. The van der Waals surface area contributed by atoms with Crippen LogP contribution in [-0.4, -0.2) is 6.03 Å². The second-order valence-corrected chi connectivity index (χ2v) is 8.94. The molecule has 1 aliphatic carbocycles. The van der Waals surface area contributed by atoms with Crippen molar-refractivity contribution in [3.63, 3.8) is 0 Å². The number of ether oxygens (including phenoxy) is 1. The molecule has 5 rings (SSSR count). The van der Waals surface area contributed by atoms with Crippen molar-refractivity contribution in [1.29, 1.82) is 0 Å². The number of alkyl halides is 3. The van der Waals surface area contributed by atoms with E-state index in [0.29, 0.717) is 5.02 Å². The Kier molecular flexibility index (Phi) is 6.28. The van der Waals surface area contributed by atoms with Gasteiger partial charge < -0.3 is 15.4 Å². The van der Waals surface area contributed by atoms with Gasteiger partial charge in [0, 0.05) is 5.02 Å². The van der Waals surface area contributed by atoms with Crippen LogP contribution in [0.25, 0.3) is 11.1 Å². The summed E-state index contributed by atoms with van der Waals surface area (Å²) in [5.41, 5.74) is 2.64. The van der Waals surface area contributed by atoms with Crippen LogP contribution in [0.4, 0.5) is 23.7 Å². The summed E-state index contributed by atoms with van der Waals surface area (Å²) >= 11 is 12.1. The number of benzene rings is 4. The minimum atomic E-state index is -4.62. The van der Waals surface area contributed by atoms with Crippen LogP contribution in [0.1, 0.15) is 22.7 Å².